The minimum atomic E-state index is 0.0723. The number of fused-ring (bicyclic) bond motifs is 1. The number of piperazine rings is 1. The van der Waals surface area contributed by atoms with Gasteiger partial charge in [-0.05, 0) is 54.7 Å². The third-order valence-corrected chi connectivity index (χ3v) is 6.66. The van der Waals surface area contributed by atoms with E-state index in [0.29, 0.717) is 12.1 Å². The maximum atomic E-state index is 12.8. The molecule has 7 nitrogen and oxygen atoms in total. The molecule has 1 aliphatic carbocycles. The van der Waals surface area contributed by atoms with Crippen LogP contribution in [0, 0.1) is 11.3 Å². The summed E-state index contributed by atoms with van der Waals surface area (Å²) < 4.78 is 5.67. The first kappa shape index (κ1) is 21.2. The van der Waals surface area contributed by atoms with E-state index in [1.807, 2.05) is 49.5 Å². The van der Waals surface area contributed by atoms with Crippen LogP contribution >= 0.6 is 0 Å². The number of nitrogens with zero attached hydrogens (tertiary/aromatic N) is 5. The predicted molar refractivity (Wildman–Crippen MR) is 127 cm³/mol. The van der Waals surface area contributed by atoms with Crippen molar-refractivity contribution in [2.75, 3.05) is 49.6 Å². The molecule has 0 radical (unpaired) electrons. The largest absolute Gasteiger partial charge is 0.463 e. The van der Waals surface area contributed by atoms with Crippen molar-refractivity contribution >= 4 is 17.4 Å². The summed E-state index contributed by atoms with van der Waals surface area (Å²) in [5, 5.41) is 9.97. The van der Waals surface area contributed by atoms with Crippen molar-refractivity contribution in [2.45, 2.75) is 19.3 Å². The summed E-state index contributed by atoms with van der Waals surface area (Å²) in [7, 11) is 1.82. The maximum absolute atomic E-state index is 12.8. The minimum absolute atomic E-state index is 0.0723. The van der Waals surface area contributed by atoms with Gasteiger partial charge in [0, 0.05) is 38.9 Å². The highest BCUT2D eigenvalue weighted by molar-refractivity contribution is 5.94. The molecule has 0 unspecified atom stereocenters. The van der Waals surface area contributed by atoms with E-state index >= 15 is 0 Å². The van der Waals surface area contributed by atoms with Gasteiger partial charge in [0.05, 0.1) is 18.4 Å². The van der Waals surface area contributed by atoms with Crippen LogP contribution in [0.4, 0.5) is 11.5 Å². The Kier molecular flexibility index (Phi) is 5.84. The van der Waals surface area contributed by atoms with E-state index < -0.39 is 0 Å². The van der Waals surface area contributed by atoms with E-state index in [1.54, 1.807) is 11.2 Å². The van der Waals surface area contributed by atoms with Crippen LogP contribution in [0.3, 0.4) is 0 Å². The third-order valence-electron chi connectivity index (χ3n) is 6.66. The molecule has 3 aromatic rings. The Morgan fingerprint density at radius 2 is 1.85 bits per heavy atom. The number of amides is 1. The number of benzene rings is 1. The lowest BCUT2D eigenvalue weighted by Crippen LogP contribution is -2.50. The first-order valence-electron chi connectivity index (χ1n) is 11.4. The molecule has 2 aliphatic rings. The summed E-state index contributed by atoms with van der Waals surface area (Å²) >= 11 is 0. The van der Waals surface area contributed by atoms with Crippen LogP contribution in [0.5, 0.6) is 0 Å². The van der Waals surface area contributed by atoms with Crippen LogP contribution < -0.4 is 9.80 Å². The molecule has 0 N–H and O–H groups in total. The molecular formula is C26H27N5O2. The summed E-state index contributed by atoms with van der Waals surface area (Å²) in [6.45, 7) is 3.31. The molecule has 0 bridgehead atoms. The van der Waals surface area contributed by atoms with Gasteiger partial charge in [0.2, 0.25) is 5.91 Å². The standard InChI is InChI=1S/C26H27N5O2/c1-29(19-7-3-2-4-8-19)24(32)18-30-12-14-31(15-13-30)26-22(17-27)20-9-5-10-21(20)25(28-26)23-11-6-16-33-23/h2-4,6-8,11,16H,5,9-10,12-15,18H2,1H3. The molecule has 3 heterocycles. The smallest absolute Gasteiger partial charge is 0.240 e. The molecule has 1 amide bonds. The number of furan rings is 1. The highest BCUT2D eigenvalue weighted by atomic mass is 16.3. The van der Waals surface area contributed by atoms with Gasteiger partial charge in [-0.3, -0.25) is 9.69 Å². The lowest BCUT2D eigenvalue weighted by Gasteiger charge is -2.36. The van der Waals surface area contributed by atoms with Crippen molar-refractivity contribution in [2.24, 2.45) is 0 Å². The average Bonchev–Trinajstić information content (AvgIpc) is 3.56. The molecule has 0 spiro atoms. The first-order valence-corrected chi connectivity index (χ1v) is 11.4. The monoisotopic (exact) mass is 441 g/mol. The van der Waals surface area contributed by atoms with Crippen LogP contribution in [0.15, 0.2) is 53.1 Å². The van der Waals surface area contributed by atoms with Gasteiger partial charge in [-0.1, -0.05) is 18.2 Å². The number of para-hydroxylation sites is 1. The summed E-state index contributed by atoms with van der Waals surface area (Å²) in [5.74, 6) is 1.58. The third kappa shape index (κ3) is 4.10. The number of hydrogen-bond donors (Lipinski definition) is 0. The molecule has 1 saturated heterocycles. The number of nitriles is 1. The zero-order valence-corrected chi connectivity index (χ0v) is 18.8. The quantitative estimate of drug-likeness (QED) is 0.603. The Hall–Kier alpha value is -3.63. The van der Waals surface area contributed by atoms with Crippen LogP contribution in [0.2, 0.25) is 0 Å². The summed E-state index contributed by atoms with van der Waals surface area (Å²) in [6, 6.07) is 15.9. The molecule has 7 heteroatoms. The molecule has 0 saturated carbocycles. The molecular weight excluding hydrogens is 414 g/mol. The topological polar surface area (TPSA) is 76.6 Å². The van der Waals surface area contributed by atoms with E-state index in [4.69, 9.17) is 9.40 Å². The zero-order chi connectivity index (χ0) is 22.8. The Balaban J connectivity index is 1.32. The van der Waals surface area contributed by atoms with Gasteiger partial charge in [-0.15, -0.1) is 0 Å². The van der Waals surface area contributed by atoms with Crippen molar-refractivity contribution in [3.8, 4) is 17.5 Å². The Labute approximate surface area is 193 Å². The van der Waals surface area contributed by atoms with Gasteiger partial charge in [0.15, 0.2) is 5.76 Å². The molecule has 1 aromatic carbocycles. The van der Waals surface area contributed by atoms with Gasteiger partial charge in [0.1, 0.15) is 17.6 Å². The van der Waals surface area contributed by atoms with Crippen LogP contribution in [0.1, 0.15) is 23.1 Å². The van der Waals surface area contributed by atoms with Crippen molar-refractivity contribution < 1.29 is 9.21 Å². The molecule has 5 rings (SSSR count). The van der Waals surface area contributed by atoms with E-state index in [1.165, 1.54) is 0 Å². The first-order chi connectivity index (χ1) is 16.2. The SMILES string of the molecule is CN(C(=O)CN1CCN(c2nc(-c3ccco3)c3c(c2C#N)CCC3)CC1)c1ccccc1. The number of aromatic nitrogens is 1. The second-order valence-electron chi connectivity index (χ2n) is 8.61. The van der Waals surface area contributed by atoms with Gasteiger partial charge in [0.25, 0.3) is 0 Å². The highest BCUT2D eigenvalue weighted by Gasteiger charge is 2.29. The van der Waals surface area contributed by atoms with Gasteiger partial charge >= 0.3 is 0 Å². The second kappa shape index (κ2) is 9.08. The number of pyridine rings is 1. The van der Waals surface area contributed by atoms with Crippen molar-refractivity contribution in [3.63, 3.8) is 0 Å². The van der Waals surface area contributed by atoms with Gasteiger partial charge in [-0.2, -0.15) is 5.26 Å². The van der Waals surface area contributed by atoms with E-state index in [9.17, 15) is 10.1 Å². The highest BCUT2D eigenvalue weighted by Crippen LogP contribution is 2.37. The van der Waals surface area contributed by atoms with E-state index in [0.717, 1.165) is 79.5 Å². The molecule has 1 aliphatic heterocycles. The Morgan fingerprint density at radius 1 is 1.09 bits per heavy atom. The fraction of sp³-hybridized carbons (Fsp3) is 0.346. The van der Waals surface area contributed by atoms with Gasteiger partial charge < -0.3 is 14.2 Å². The lowest BCUT2D eigenvalue weighted by atomic mass is 10.0. The average molecular weight is 442 g/mol. The lowest BCUT2D eigenvalue weighted by molar-refractivity contribution is -0.119. The number of hydrogen-bond acceptors (Lipinski definition) is 6. The number of rotatable bonds is 5. The number of carbonyl (C=O) groups excluding carboxylic acids is 1. The molecule has 1 fully saturated rings. The van der Waals surface area contributed by atoms with Crippen LogP contribution in [-0.4, -0.2) is 55.6 Å². The molecule has 0 atom stereocenters. The molecule has 33 heavy (non-hydrogen) atoms. The van der Waals surface area contributed by atoms with Crippen molar-refractivity contribution in [3.05, 3.63) is 65.4 Å². The number of likely N-dealkylation sites (N-methyl/N-ethyl adjacent to an activating group) is 1. The van der Waals surface area contributed by atoms with Crippen molar-refractivity contribution in [1.82, 2.24) is 9.88 Å². The molecule has 168 valence electrons. The maximum Gasteiger partial charge on any atom is 0.240 e. The van der Waals surface area contributed by atoms with Gasteiger partial charge in [-0.25, -0.2) is 4.98 Å². The van der Waals surface area contributed by atoms with E-state index in [-0.39, 0.29) is 5.91 Å². The zero-order valence-electron chi connectivity index (χ0n) is 18.8. The fourth-order valence-electron chi connectivity index (χ4n) is 4.82. The molecule has 2 aromatic heterocycles. The summed E-state index contributed by atoms with van der Waals surface area (Å²) in [5.41, 5.74) is 4.73. The Bertz CT molecular complexity index is 1180. The normalized spacial score (nSPS) is 15.8. The van der Waals surface area contributed by atoms with Crippen LogP contribution in [0.25, 0.3) is 11.5 Å². The number of anilines is 2. The minimum Gasteiger partial charge on any atom is -0.463 e. The number of carbonyl (C=O) groups is 1. The van der Waals surface area contributed by atoms with E-state index in [2.05, 4.69) is 15.9 Å². The van der Waals surface area contributed by atoms with Crippen LogP contribution in [-0.2, 0) is 17.6 Å². The predicted octanol–water partition coefficient (Wildman–Crippen LogP) is 3.49. The summed E-state index contributed by atoms with van der Waals surface area (Å²) in [4.78, 5) is 23.8. The second-order valence-corrected chi connectivity index (χ2v) is 8.61. The summed E-state index contributed by atoms with van der Waals surface area (Å²) in [6.07, 6.45) is 4.53. The Morgan fingerprint density at radius 3 is 2.55 bits per heavy atom. The van der Waals surface area contributed by atoms with Crippen molar-refractivity contribution in [1.29, 1.82) is 5.26 Å². The fourth-order valence-corrected chi connectivity index (χ4v) is 4.82.